The third-order valence-corrected chi connectivity index (χ3v) is 7.63. The number of hydrogen-bond acceptors (Lipinski definition) is 11. The number of ether oxygens (including phenoxy) is 2. The van der Waals surface area contributed by atoms with E-state index in [9.17, 15) is 14.4 Å². The molecule has 4 unspecified atom stereocenters. The molecule has 206 valence electrons. The lowest BCUT2D eigenvalue weighted by molar-refractivity contribution is -0.139. The molecule has 0 saturated carbocycles. The standard InChI is InChI=1S/C25H32N4O7S2/c1-14(35-17-6-2-15(3-7-17)10-19(26)23(30)31)21(28)12-37-38-13-22(29)25(34)36-18-8-4-16(5-9-18)11-20(27)24(32)33/h2-9,19-22H,1,10-13,26-29H2,(H,30,31)(H,32,33). The first-order valence-electron chi connectivity index (χ1n) is 11.4. The van der Waals surface area contributed by atoms with Crippen LogP contribution in [0.3, 0.4) is 0 Å². The minimum Gasteiger partial charge on any atom is -0.480 e. The molecule has 0 aliphatic carbocycles. The van der Waals surface area contributed by atoms with Crippen molar-refractivity contribution in [3.63, 3.8) is 0 Å². The van der Waals surface area contributed by atoms with Gasteiger partial charge in [0.25, 0.3) is 0 Å². The summed E-state index contributed by atoms with van der Waals surface area (Å²) < 4.78 is 11.0. The molecule has 0 heterocycles. The van der Waals surface area contributed by atoms with E-state index in [-0.39, 0.29) is 18.6 Å². The predicted octanol–water partition coefficient (Wildman–Crippen LogP) is 1.13. The first-order valence-corrected chi connectivity index (χ1v) is 13.9. The summed E-state index contributed by atoms with van der Waals surface area (Å²) in [5.74, 6) is -0.854. The van der Waals surface area contributed by atoms with Crippen LogP contribution < -0.4 is 32.4 Å². The van der Waals surface area contributed by atoms with Crippen LogP contribution in [-0.2, 0) is 27.2 Å². The van der Waals surface area contributed by atoms with Crippen molar-refractivity contribution in [2.75, 3.05) is 11.5 Å². The van der Waals surface area contributed by atoms with Crippen molar-refractivity contribution in [2.24, 2.45) is 22.9 Å². The molecule has 0 amide bonds. The third kappa shape index (κ3) is 10.7. The Bertz CT molecular complexity index is 1010. The number of carbonyl (C=O) groups is 3. The van der Waals surface area contributed by atoms with Gasteiger partial charge in [0, 0.05) is 11.5 Å². The van der Waals surface area contributed by atoms with Crippen LogP contribution in [0.1, 0.15) is 11.1 Å². The van der Waals surface area contributed by atoms with Gasteiger partial charge in [0.1, 0.15) is 35.4 Å². The molecule has 0 saturated heterocycles. The molecule has 0 fully saturated rings. The molecule has 0 spiro atoms. The topological polar surface area (TPSA) is 214 Å². The van der Waals surface area contributed by atoms with Gasteiger partial charge < -0.3 is 42.6 Å². The number of hydrogen-bond donors (Lipinski definition) is 6. The van der Waals surface area contributed by atoms with Crippen LogP contribution in [0, 0.1) is 0 Å². The van der Waals surface area contributed by atoms with Crippen molar-refractivity contribution in [3.8, 4) is 11.5 Å². The average Bonchev–Trinajstić information content (AvgIpc) is 2.88. The predicted molar refractivity (Wildman–Crippen MR) is 148 cm³/mol. The Morgan fingerprint density at radius 1 is 0.684 bits per heavy atom. The Kier molecular flexibility index (Phi) is 12.6. The molecule has 2 aromatic carbocycles. The molecule has 0 aromatic heterocycles. The van der Waals surface area contributed by atoms with Crippen LogP contribution in [0.15, 0.2) is 60.9 Å². The number of esters is 1. The lowest BCUT2D eigenvalue weighted by atomic mass is 10.1. The summed E-state index contributed by atoms with van der Waals surface area (Å²) in [6.07, 6.45) is 0.363. The van der Waals surface area contributed by atoms with Crippen LogP contribution in [-0.4, -0.2) is 63.8 Å². The molecule has 2 aromatic rings. The van der Waals surface area contributed by atoms with Gasteiger partial charge in [-0.3, -0.25) is 9.59 Å². The van der Waals surface area contributed by atoms with Crippen LogP contribution in [0.4, 0.5) is 0 Å². The van der Waals surface area contributed by atoms with E-state index in [1.54, 1.807) is 48.5 Å². The van der Waals surface area contributed by atoms with Crippen LogP contribution in [0.25, 0.3) is 0 Å². The Hall–Kier alpha value is -3.07. The van der Waals surface area contributed by atoms with Gasteiger partial charge in [-0.15, -0.1) is 0 Å². The third-order valence-electron chi connectivity index (χ3n) is 5.15. The van der Waals surface area contributed by atoms with Gasteiger partial charge in [0.15, 0.2) is 0 Å². The van der Waals surface area contributed by atoms with E-state index in [1.807, 2.05) is 0 Å². The van der Waals surface area contributed by atoms with Gasteiger partial charge in [-0.25, -0.2) is 4.79 Å². The van der Waals surface area contributed by atoms with Gasteiger partial charge in [0.2, 0.25) is 0 Å². The van der Waals surface area contributed by atoms with Gasteiger partial charge in [-0.1, -0.05) is 52.4 Å². The van der Waals surface area contributed by atoms with Gasteiger partial charge in [-0.05, 0) is 48.2 Å². The molecule has 2 rings (SSSR count). The highest BCUT2D eigenvalue weighted by Crippen LogP contribution is 2.25. The minimum absolute atomic E-state index is 0.159. The van der Waals surface area contributed by atoms with E-state index in [1.165, 1.54) is 21.6 Å². The van der Waals surface area contributed by atoms with E-state index in [0.29, 0.717) is 28.6 Å². The van der Waals surface area contributed by atoms with Crippen LogP contribution >= 0.6 is 21.6 Å². The lowest BCUT2D eigenvalue weighted by Crippen LogP contribution is -2.36. The molecule has 0 aliphatic rings. The molecule has 0 bridgehead atoms. The normalized spacial score (nSPS) is 14.1. The van der Waals surface area contributed by atoms with Crippen LogP contribution in [0.2, 0.25) is 0 Å². The Morgan fingerprint density at radius 3 is 1.50 bits per heavy atom. The quantitative estimate of drug-likeness (QED) is 0.0555. The largest absolute Gasteiger partial charge is 0.480 e. The maximum atomic E-state index is 12.3. The smallest absolute Gasteiger partial charge is 0.329 e. The maximum absolute atomic E-state index is 12.3. The van der Waals surface area contributed by atoms with Crippen molar-refractivity contribution in [1.29, 1.82) is 0 Å². The van der Waals surface area contributed by atoms with Crippen LogP contribution in [0.5, 0.6) is 11.5 Å². The van der Waals surface area contributed by atoms with Crippen molar-refractivity contribution in [2.45, 2.75) is 37.0 Å². The average molecular weight is 565 g/mol. The SMILES string of the molecule is C=C(Oc1ccc(CC(N)C(=O)O)cc1)C(N)CSSCC(N)C(=O)Oc1ccc(CC(N)C(=O)O)cc1. The molecule has 0 radical (unpaired) electrons. The first-order chi connectivity index (χ1) is 18.0. The van der Waals surface area contributed by atoms with Crippen molar-refractivity contribution in [3.05, 3.63) is 72.0 Å². The second kappa shape index (κ2) is 15.4. The molecule has 11 nitrogen and oxygen atoms in total. The van der Waals surface area contributed by atoms with E-state index < -0.39 is 42.1 Å². The van der Waals surface area contributed by atoms with Crippen molar-refractivity contribution >= 4 is 39.5 Å². The highest BCUT2D eigenvalue weighted by Gasteiger charge is 2.18. The summed E-state index contributed by atoms with van der Waals surface area (Å²) in [7, 11) is 2.77. The lowest BCUT2D eigenvalue weighted by Gasteiger charge is -2.16. The molecular weight excluding hydrogens is 532 g/mol. The van der Waals surface area contributed by atoms with Gasteiger partial charge in [0.05, 0.1) is 6.04 Å². The fourth-order valence-electron chi connectivity index (χ4n) is 2.89. The summed E-state index contributed by atoms with van der Waals surface area (Å²) in [5, 5.41) is 17.8. The second-order valence-corrected chi connectivity index (χ2v) is 10.9. The first kappa shape index (κ1) is 31.1. The zero-order valence-electron chi connectivity index (χ0n) is 20.5. The molecule has 4 atom stereocenters. The molecular formula is C25H32N4O7S2. The second-order valence-electron chi connectivity index (χ2n) is 8.36. The van der Waals surface area contributed by atoms with E-state index in [0.717, 1.165) is 5.56 Å². The number of aliphatic carboxylic acids is 2. The number of carboxylic acids is 2. The zero-order valence-corrected chi connectivity index (χ0v) is 22.2. The molecule has 10 N–H and O–H groups in total. The highest BCUT2D eigenvalue weighted by molar-refractivity contribution is 8.76. The van der Waals surface area contributed by atoms with Gasteiger partial charge in [-0.2, -0.15) is 0 Å². The monoisotopic (exact) mass is 564 g/mol. The Morgan fingerprint density at radius 2 is 1.08 bits per heavy atom. The van der Waals surface area contributed by atoms with E-state index in [2.05, 4.69) is 6.58 Å². The molecule has 13 heteroatoms. The maximum Gasteiger partial charge on any atom is 0.329 e. The summed E-state index contributed by atoms with van der Waals surface area (Å²) in [4.78, 5) is 34.0. The summed E-state index contributed by atoms with van der Waals surface area (Å²) in [6.45, 7) is 3.86. The summed E-state index contributed by atoms with van der Waals surface area (Å²) >= 11 is 0. The minimum atomic E-state index is -1.09. The highest BCUT2D eigenvalue weighted by atomic mass is 33.1. The Balaban J connectivity index is 1.69. The van der Waals surface area contributed by atoms with E-state index in [4.69, 9.17) is 42.6 Å². The molecule has 38 heavy (non-hydrogen) atoms. The number of nitrogens with two attached hydrogens (primary N) is 4. The Labute approximate surface area is 228 Å². The number of benzene rings is 2. The van der Waals surface area contributed by atoms with Crippen molar-refractivity contribution in [1.82, 2.24) is 0 Å². The number of rotatable bonds is 16. The number of carboxylic acid groups (broad SMARTS) is 2. The fraction of sp³-hybridized carbons (Fsp3) is 0.320. The fourth-order valence-corrected chi connectivity index (χ4v) is 5.16. The van der Waals surface area contributed by atoms with E-state index >= 15 is 0 Å². The zero-order chi connectivity index (χ0) is 28.2. The van der Waals surface area contributed by atoms with Gasteiger partial charge >= 0.3 is 17.9 Å². The number of carbonyl (C=O) groups excluding carboxylic acids is 1. The van der Waals surface area contributed by atoms with Crippen molar-refractivity contribution < 1.29 is 34.1 Å². The summed E-state index contributed by atoms with van der Waals surface area (Å²) in [6, 6.07) is 9.89. The summed E-state index contributed by atoms with van der Waals surface area (Å²) in [5.41, 5.74) is 24.6. The molecule has 0 aliphatic heterocycles.